The number of hydrogen-bond acceptors (Lipinski definition) is 3. The summed E-state index contributed by atoms with van der Waals surface area (Å²) in [6.07, 6.45) is -0.0529. The van der Waals surface area contributed by atoms with Crippen molar-refractivity contribution in [3.63, 3.8) is 0 Å². The van der Waals surface area contributed by atoms with Gasteiger partial charge in [-0.25, -0.2) is 14.2 Å². The lowest BCUT2D eigenvalue weighted by molar-refractivity contribution is 0.0363. The second-order valence-corrected chi connectivity index (χ2v) is 6.27. The fraction of sp³-hybridized carbons (Fsp3) is 0.333. The standard InChI is InChI=1S/C15H16BrNO4/c1-4-15(2,3)21-14(20)17-11-6-5-10(16)7-9(11)8-12(17)13(18)19/h5-8H,4H2,1-3H3,(H,18,19). The number of hydrogen-bond donors (Lipinski definition) is 1. The zero-order valence-corrected chi connectivity index (χ0v) is 13.6. The number of carbonyl (C=O) groups excluding carboxylic acids is 1. The predicted octanol–water partition coefficient (Wildman–Crippen LogP) is 4.28. The van der Waals surface area contributed by atoms with Crippen molar-refractivity contribution in [2.24, 2.45) is 0 Å². The molecule has 0 saturated carbocycles. The molecule has 112 valence electrons. The van der Waals surface area contributed by atoms with E-state index in [1.807, 2.05) is 6.92 Å². The Hall–Kier alpha value is -1.82. The number of aromatic carboxylic acids is 1. The van der Waals surface area contributed by atoms with Gasteiger partial charge in [-0.05, 0) is 44.5 Å². The molecule has 0 saturated heterocycles. The third-order valence-corrected chi connectivity index (χ3v) is 3.87. The molecule has 5 nitrogen and oxygen atoms in total. The highest BCUT2D eigenvalue weighted by Gasteiger charge is 2.26. The van der Waals surface area contributed by atoms with Gasteiger partial charge >= 0.3 is 12.1 Å². The number of nitrogens with zero attached hydrogens (tertiary/aromatic N) is 1. The molecule has 0 bridgehead atoms. The maximum absolute atomic E-state index is 12.4. The molecule has 0 aliphatic carbocycles. The number of carbonyl (C=O) groups is 2. The van der Waals surface area contributed by atoms with E-state index in [9.17, 15) is 14.7 Å². The Morgan fingerprint density at radius 3 is 2.57 bits per heavy atom. The first-order valence-corrected chi connectivity index (χ1v) is 7.32. The molecule has 0 aliphatic heterocycles. The van der Waals surface area contributed by atoms with E-state index in [-0.39, 0.29) is 5.69 Å². The van der Waals surface area contributed by atoms with Crippen molar-refractivity contribution >= 4 is 38.9 Å². The summed E-state index contributed by atoms with van der Waals surface area (Å²) in [6, 6.07) is 6.66. The van der Waals surface area contributed by atoms with Crippen molar-refractivity contribution in [3.05, 3.63) is 34.4 Å². The van der Waals surface area contributed by atoms with E-state index in [1.165, 1.54) is 6.07 Å². The highest BCUT2D eigenvalue weighted by atomic mass is 79.9. The summed E-state index contributed by atoms with van der Waals surface area (Å²) in [6.45, 7) is 5.47. The summed E-state index contributed by atoms with van der Waals surface area (Å²) < 4.78 is 7.32. The van der Waals surface area contributed by atoms with Crippen LogP contribution in [0.3, 0.4) is 0 Å². The maximum atomic E-state index is 12.4. The molecule has 0 aliphatic rings. The lowest BCUT2D eigenvalue weighted by Crippen LogP contribution is -2.30. The average molecular weight is 354 g/mol. The van der Waals surface area contributed by atoms with Gasteiger partial charge in [-0.15, -0.1) is 0 Å². The van der Waals surface area contributed by atoms with Crippen LogP contribution in [0.15, 0.2) is 28.7 Å². The van der Waals surface area contributed by atoms with Crippen LogP contribution in [-0.2, 0) is 4.74 Å². The lowest BCUT2D eigenvalue weighted by Gasteiger charge is -2.23. The Morgan fingerprint density at radius 1 is 1.33 bits per heavy atom. The van der Waals surface area contributed by atoms with E-state index in [2.05, 4.69) is 15.9 Å². The summed E-state index contributed by atoms with van der Waals surface area (Å²) in [7, 11) is 0. The van der Waals surface area contributed by atoms with Crippen molar-refractivity contribution in [2.75, 3.05) is 0 Å². The number of benzene rings is 1. The van der Waals surface area contributed by atoms with E-state index < -0.39 is 17.7 Å². The van der Waals surface area contributed by atoms with Crippen LogP contribution in [0.5, 0.6) is 0 Å². The molecule has 1 aromatic carbocycles. The van der Waals surface area contributed by atoms with Gasteiger partial charge < -0.3 is 9.84 Å². The SMILES string of the molecule is CCC(C)(C)OC(=O)n1c(C(=O)O)cc2cc(Br)ccc21. The first-order chi connectivity index (χ1) is 9.75. The highest BCUT2D eigenvalue weighted by molar-refractivity contribution is 9.10. The first-order valence-electron chi connectivity index (χ1n) is 6.53. The molecule has 1 heterocycles. The summed E-state index contributed by atoms with van der Waals surface area (Å²) in [5.41, 5.74) is -0.258. The van der Waals surface area contributed by atoms with E-state index >= 15 is 0 Å². The fourth-order valence-electron chi connectivity index (χ4n) is 1.89. The minimum Gasteiger partial charge on any atom is -0.477 e. The van der Waals surface area contributed by atoms with Crippen molar-refractivity contribution < 1.29 is 19.4 Å². The number of rotatable bonds is 3. The molecule has 0 amide bonds. The van der Waals surface area contributed by atoms with Gasteiger partial charge in [0, 0.05) is 9.86 Å². The van der Waals surface area contributed by atoms with Gasteiger partial charge in [0.25, 0.3) is 0 Å². The van der Waals surface area contributed by atoms with Crippen LogP contribution >= 0.6 is 15.9 Å². The van der Waals surface area contributed by atoms with Crippen molar-refractivity contribution in [2.45, 2.75) is 32.8 Å². The molecular formula is C15H16BrNO4. The fourth-order valence-corrected chi connectivity index (χ4v) is 2.27. The third-order valence-electron chi connectivity index (χ3n) is 3.38. The van der Waals surface area contributed by atoms with Gasteiger partial charge in [-0.2, -0.15) is 0 Å². The van der Waals surface area contributed by atoms with Gasteiger partial charge in [-0.3, -0.25) is 0 Å². The second kappa shape index (κ2) is 5.52. The van der Waals surface area contributed by atoms with Crippen LogP contribution in [0, 0.1) is 0 Å². The van der Waals surface area contributed by atoms with Crippen molar-refractivity contribution in [1.82, 2.24) is 4.57 Å². The predicted molar refractivity (Wildman–Crippen MR) is 82.8 cm³/mol. The van der Waals surface area contributed by atoms with Crippen molar-refractivity contribution in [3.8, 4) is 0 Å². The molecule has 0 fully saturated rings. The van der Waals surface area contributed by atoms with Crippen LogP contribution in [0.1, 0.15) is 37.7 Å². The van der Waals surface area contributed by atoms with Crippen LogP contribution in [0.4, 0.5) is 4.79 Å². The molecule has 0 unspecified atom stereocenters. The molecule has 21 heavy (non-hydrogen) atoms. The zero-order chi connectivity index (χ0) is 15.8. The average Bonchev–Trinajstić information content (AvgIpc) is 2.76. The molecular weight excluding hydrogens is 338 g/mol. The number of fused-ring (bicyclic) bond motifs is 1. The summed E-state index contributed by atoms with van der Waals surface area (Å²) >= 11 is 3.33. The topological polar surface area (TPSA) is 68.5 Å². The molecule has 1 N–H and O–H groups in total. The Morgan fingerprint density at radius 2 is 2.00 bits per heavy atom. The molecule has 0 radical (unpaired) electrons. The molecule has 1 aromatic heterocycles. The quantitative estimate of drug-likeness (QED) is 0.894. The van der Waals surface area contributed by atoms with Gasteiger partial charge in [0.2, 0.25) is 0 Å². The summed E-state index contributed by atoms with van der Waals surface area (Å²) in [4.78, 5) is 23.7. The number of aromatic nitrogens is 1. The van der Waals surface area contributed by atoms with Gasteiger partial charge in [-0.1, -0.05) is 22.9 Å². The molecule has 2 aromatic rings. The molecule has 0 atom stereocenters. The Labute approximate surface area is 130 Å². The second-order valence-electron chi connectivity index (χ2n) is 5.35. The zero-order valence-electron chi connectivity index (χ0n) is 12.0. The summed E-state index contributed by atoms with van der Waals surface area (Å²) in [5, 5.41) is 9.96. The Balaban J connectivity index is 2.58. The van der Waals surface area contributed by atoms with Gasteiger partial charge in [0.15, 0.2) is 0 Å². The minimum atomic E-state index is -1.17. The van der Waals surface area contributed by atoms with E-state index in [0.717, 1.165) is 9.04 Å². The third kappa shape index (κ3) is 3.10. The maximum Gasteiger partial charge on any atom is 0.419 e. The first kappa shape index (κ1) is 15.6. The molecule has 6 heteroatoms. The van der Waals surface area contributed by atoms with Crippen LogP contribution < -0.4 is 0 Å². The lowest BCUT2D eigenvalue weighted by atomic mass is 10.1. The van der Waals surface area contributed by atoms with Crippen molar-refractivity contribution in [1.29, 1.82) is 0 Å². The summed E-state index contributed by atoms with van der Waals surface area (Å²) in [5.74, 6) is -1.17. The number of carboxylic acids is 1. The van der Waals surface area contributed by atoms with E-state index in [4.69, 9.17) is 4.74 Å². The van der Waals surface area contributed by atoms with Crippen LogP contribution in [0.25, 0.3) is 10.9 Å². The Bertz CT molecular complexity index is 718. The van der Waals surface area contributed by atoms with Crippen LogP contribution in [0.2, 0.25) is 0 Å². The largest absolute Gasteiger partial charge is 0.477 e. The highest BCUT2D eigenvalue weighted by Crippen LogP contribution is 2.25. The number of halogens is 1. The van der Waals surface area contributed by atoms with Crippen LogP contribution in [-0.4, -0.2) is 27.3 Å². The van der Waals surface area contributed by atoms with Gasteiger partial charge in [0.05, 0.1) is 5.52 Å². The Kier molecular flexibility index (Phi) is 4.09. The van der Waals surface area contributed by atoms with Gasteiger partial charge in [0.1, 0.15) is 11.3 Å². The van der Waals surface area contributed by atoms with E-state index in [1.54, 1.807) is 32.0 Å². The monoisotopic (exact) mass is 353 g/mol. The number of carboxylic acid groups (broad SMARTS) is 1. The molecule has 2 rings (SSSR count). The smallest absolute Gasteiger partial charge is 0.419 e. The number of ether oxygens (including phenoxy) is 1. The molecule has 0 spiro atoms. The minimum absolute atomic E-state index is 0.111. The normalized spacial score (nSPS) is 11.6. The van der Waals surface area contributed by atoms with E-state index in [0.29, 0.717) is 17.3 Å².